The van der Waals surface area contributed by atoms with Gasteiger partial charge in [0.1, 0.15) is 5.01 Å². The zero-order chi connectivity index (χ0) is 10.1. The second-order valence-electron chi connectivity index (χ2n) is 3.53. The Morgan fingerprint density at radius 3 is 2.50 bits per heavy atom. The fourth-order valence-electron chi connectivity index (χ4n) is 1.37. The summed E-state index contributed by atoms with van der Waals surface area (Å²) in [5.74, 6) is 0. The lowest BCUT2D eigenvalue weighted by Crippen LogP contribution is -1.78. The van der Waals surface area contributed by atoms with Crippen molar-refractivity contribution in [1.29, 1.82) is 0 Å². The lowest BCUT2D eigenvalue weighted by atomic mass is 10.1. The maximum atomic E-state index is 4.54. The Morgan fingerprint density at radius 2 is 1.93 bits per heavy atom. The van der Waals surface area contributed by atoms with Gasteiger partial charge in [0.2, 0.25) is 0 Å². The van der Waals surface area contributed by atoms with E-state index in [1.54, 1.807) is 11.3 Å². The molecule has 2 rings (SSSR count). The summed E-state index contributed by atoms with van der Waals surface area (Å²) in [6.07, 6.45) is 0. The molecule has 0 N–H and O–H groups in total. The van der Waals surface area contributed by atoms with Gasteiger partial charge in [-0.1, -0.05) is 23.8 Å². The maximum absolute atomic E-state index is 4.54. The summed E-state index contributed by atoms with van der Waals surface area (Å²) in [6.45, 7) is 6.29. The third-order valence-corrected chi connectivity index (χ3v) is 3.42. The molecule has 0 aliphatic heterocycles. The molecule has 0 aliphatic rings. The highest BCUT2D eigenvalue weighted by molar-refractivity contribution is 7.15. The van der Waals surface area contributed by atoms with Crippen molar-refractivity contribution < 1.29 is 0 Å². The van der Waals surface area contributed by atoms with Gasteiger partial charge < -0.3 is 0 Å². The topological polar surface area (TPSA) is 12.9 Å². The van der Waals surface area contributed by atoms with Gasteiger partial charge in [0.15, 0.2) is 0 Å². The molecule has 2 heteroatoms. The summed E-state index contributed by atoms with van der Waals surface area (Å²) in [4.78, 5) is 5.85. The van der Waals surface area contributed by atoms with Crippen molar-refractivity contribution >= 4 is 11.3 Å². The van der Waals surface area contributed by atoms with Crippen molar-refractivity contribution in [3.63, 3.8) is 0 Å². The number of hydrogen-bond acceptors (Lipinski definition) is 2. The SMILES string of the molecule is Cc1cccc(-c2nc(C)c(C)s2)c1. The van der Waals surface area contributed by atoms with E-state index in [1.165, 1.54) is 16.0 Å². The van der Waals surface area contributed by atoms with Crippen LogP contribution in [0.5, 0.6) is 0 Å². The standard InChI is InChI=1S/C12H13NS/c1-8-5-4-6-11(7-8)12-13-9(2)10(3)14-12/h4-7H,1-3H3. The molecule has 0 saturated carbocycles. The molecule has 1 aromatic heterocycles. The minimum atomic E-state index is 1.13. The molecule has 0 spiro atoms. The zero-order valence-corrected chi connectivity index (χ0v) is 9.48. The van der Waals surface area contributed by atoms with Crippen molar-refractivity contribution in [3.8, 4) is 10.6 Å². The molecule has 0 bridgehead atoms. The van der Waals surface area contributed by atoms with Crippen LogP contribution < -0.4 is 0 Å². The van der Waals surface area contributed by atoms with Crippen LogP contribution >= 0.6 is 11.3 Å². The molecule has 0 saturated heterocycles. The molecule has 1 heterocycles. The van der Waals surface area contributed by atoms with Gasteiger partial charge in [-0.2, -0.15) is 0 Å². The molecule has 0 amide bonds. The van der Waals surface area contributed by atoms with Crippen molar-refractivity contribution in [2.45, 2.75) is 20.8 Å². The van der Waals surface area contributed by atoms with Crippen molar-refractivity contribution in [1.82, 2.24) is 4.98 Å². The molecule has 2 aromatic rings. The van der Waals surface area contributed by atoms with E-state index in [0.29, 0.717) is 0 Å². The summed E-state index contributed by atoms with van der Waals surface area (Å²) in [7, 11) is 0. The molecular weight excluding hydrogens is 190 g/mol. The van der Waals surface area contributed by atoms with Crippen LogP contribution in [0.25, 0.3) is 10.6 Å². The minimum Gasteiger partial charge on any atom is -0.241 e. The molecule has 72 valence electrons. The van der Waals surface area contributed by atoms with Crippen LogP contribution in [0.3, 0.4) is 0 Å². The zero-order valence-electron chi connectivity index (χ0n) is 8.66. The molecule has 14 heavy (non-hydrogen) atoms. The van der Waals surface area contributed by atoms with Crippen molar-refractivity contribution in [2.24, 2.45) is 0 Å². The number of benzene rings is 1. The predicted octanol–water partition coefficient (Wildman–Crippen LogP) is 3.74. The number of aryl methyl sites for hydroxylation is 3. The first-order valence-corrected chi connectivity index (χ1v) is 5.49. The predicted molar refractivity (Wildman–Crippen MR) is 61.8 cm³/mol. The van der Waals surface area contributed by atoms with E-state index in [4.69, 9.17) is 0 Å². The van der Waals surface area contributed by atoms with Crippen LogP contribution in [0.2, 0.25) is 0 Å². The van der Waals surface area contributed by atoms with Gasteiger partial charge in [-0.15, -0.1) is 11.3 Å². The lowest BCUT2D eigenvalue weighted by Gasteiger charge is -1.96. The van der Waals surface area contributed by atoms with E-state index in [9.17, 15) is 0 Å². The van der Waals surface area contributed by atoms with Crippen LogP contribution in [-0.4, -0.2) is 4.98 Å². The molecule has 0 atom stereocenters. The fraction of sp³-hybridized carbons (Fsp3) is 0.250. The van der Waals surface area contributed by atoms with E-state index in [2.05, 4.69) is 50.0 Å². The average Bonchev–Trinajstić information content (AvgIpc) is 2.47. The Labute approximate surface area is 88.4 Å². The number of rotatable bonds is 1. The van der Waals surface area contributed by atoms with E-state index in [0.717, 1.165) is 10.7 Å². The highest BCUT2D eigenvalue weighted by Crippen LogP contribution is 2.27. The monoisotopic (exact) mass is 203 g/mol. The molecule has 0 radical (unpaired) electrons. The fourth-order valence-corrected chi connectivity index (χ4v) is 2.29. The van der Waals surface area contributed by atoms with E-state index < -0.39 is 0 Å². The molecule has 0 fully saturated rings. The average molecular weight is 203 g/mol. The lowest BCUT2D eigenvalue weighted by molar-refractivity contribution is 1.23. The Balaban J connectivity index is 2.49. The molecule has 0 aliphatic carbocycles. The van der Waals surface area contributed by atoms with E-state index >= 15 is 0 Å². The van der Waals surface area contributed by atoms with E-state index in [-0.39, 0.29) is 0 Å². The third kappa shape index (κ3) is 1.70. The second kappa shape index (κ2) is 3.54. The Bertz CT molecular complexity index is 438. The largest absolute Gasteiger partial charge is 0.241 e. The quantitative estimate of drug-likeness (QED) is 0.688. The number of nitrogens with zero attached hydrogens (tertiary/aromatic N) is 1. The highest BCUT2D eigenvalue weighted by atomic mass is 32.1. The van der Waals surface area contributed by atoms with Crippen LogP contribution in [0.15, 0.2) is 24.3 Å². The number of thiazole rings is 1. The first-order valence-electron chi connectivity index (χ1n) is 4.68. The van der Waals surface area contributed by atoms with Gasteiger partial charge >= 0.3 is 0 Å². The third-order valence-electron chi connectivity index (χ3n) is 2.29. The Morgan fingerprint density at radius 1 is 1.14 bits per heavy atom. The summed E-state index contributed by atoms with van der Waals surface area (Å²) < 4.78 is 0. The molecule has 1 aromatic carbocycles. The summed E-state index contributed by atoms with van der Waals surface area (Å²) in [6, 6.07) is 8.48. The van der Waals surface area contributed by atoms with Gasteiger partial charge in [-0.05, 0) is 26.8 Å². The van der Waals surface area contributed by atoms with Gasteiger partial charge in [-0.25, -0.2) is 4.98 Å². The first kappa shape index (κ1) is 9.41. The van der Waals surface area contributed by atoms with Crippen LogP contribution in [-0.2, 0) is 0 Å². The smallest absolute Gasteiger partial charge is 0.123 e. The maximum Gasteiger partial charge on any atom is 0.123 e. The van der Waals surface area contributed by atoms with E-state index in [1.807, 2.05) is 0 Å². The van der Waals surface area contributed by atoms with Gasteiger partial charge in [0.25, 0.3) is 0 Å². The highest BCUT2D eigenvalue weighted by Gasteiger charge is 2.05. The molecule has 0 unspecified atom stereocenters. The van der Waals surface area contributed by atoms with Crippen molar-refractivity contribution in [3.05, 3.63) is 40.4 Å². The second-order valence-corrected chi connectivity index (χ2v) is 4.73. The van der Waals surface area contributed by atoms with Crippen LogP contribution in [0.1, 0.15) is 16.1 Å². The van der Waals surface area contributed by atoms with Gasteiger partial charge in [-0.3, -0.25) is 0 Å². The molecular formula is C12H13NS. The summed E-state index contributed by atoms with van der Waals surface area (Å²) >= 11 is 1.77. The van der Waals surface area contributed by atoms with Crippen LogP contribution in [0, 0.1) is 20.8 Å². The Kier molecular flexibility index (Phi) is 2.38. The van der Waals surface area contributed by atoms with Gasteiger partial charge in [0.05, 0.1) is 5.69 Å². The number of hydrogen-bond donors (Lipinski definition) is 0. The van der Waals surface area contributed by atoms with Crippen molar-refractivity contribution in [2.75, 3.05) is 0 Å². The normalized spacial score (nSPS) is 10.5. The summed E-state index contributed by atoms with van der Waals surface area (Å²) in [5, 5.41) is 1.13. The first-order chi connectivity index (χ1) is 6.66. The minimum absolute atomic E-state index is 1.13. The number of aromatic nitrogens is 1. The van der Waals surface area contributed by atoms with Gasteiger partial charge in [0, 0.05) is 10.4 Å². The Hall–Kier alpha value is -1.15. The van der Waals surface area contributed by atoms with Crippen LogP contribution in [0.4, 0.5) is 0 Å². The molecule has 1 nitrogen and oxygen atoms in total. The summed E-state index contributed by atoms with van der Waals surface area (Å²) in [5.41, 5.74) is 3.66.